The molecule has 2 unspecified atom stereocenters. The van der Waals surface area contributed by atoms with E-state index in [2.05, 4.69) is 51.3 Å². The van der Waals surface area contributed by atoms with Crippen LogP contribution < -0.4 is 10.2 Å². The standard InChI is InChI=1S/2C51H103NO2.Ca/c2*1-4-7-9-11-13-15-17-19-21-23-25-27-29-31-33-35-37-39-41-43-45-47-52(50(6-3)49-51(53)54)48-46-44-42-40-38-36-34-32-30-28-26-24-22-20-18-16-14-12-10-8-5-2;/h2*50H,4-49H2,1-3H3,(H,53,54);/q;;+2/p-2. The summed E-state index contributed by atoms with van der Waals surface area (Å²) in [5.74, 6) is -1.77. The number of carbonyl (C=O) groups excluding carboxylic acids is 2. The maximum Gasteiger partial charge on any atom is 2.00 e. The van der Waals surface area contributed by atoms with E-state index in [-0.39, 0.29) is 62.7 Å². The zero-order valence-corrected chi connectivity index (χ0v) is 78.7. The van der Waals surface area contributed by atoms with E-state index in [1.54, 1.807) is 0 Å². The molecule has 6 nitrogen and oxygen atoms in total. The fourth-order valence-corrected chi connectivity index (χ4v) is 17.4. The van der Waals surface area contributed by atoms with Crippen molar-refractivity contribution in [2.24, 2.45) is 0 Å². The van der Waals surface area contributed by atoms with E-state index < -0.39 is 11.9 Å². The van der Waals surface area contributed by atoms with Crippen LogP contribution in [0.1, 0.15) is 607 Å². The van der Waals surface area contributed by atoms with Crippen LogP contribution in [0.4, 0.5) is 0 Å². The van der Waals surface area contributed by atoms with E-state index in [0.29, 0.717) is 0 Å². The van der Waals surface area contributed by atoms with Gasteiger partial charge in [0.05, 0.1) is 0 Å². The van der Waals surface area contributed by atoms with Gasteiger partial charge in [-0.15, -0.1) is 0 Å². The number of carbonyl (C=O) groups is 2. The number of rotatable bonds is 96. The van der Waals surface area contributed by atoms with E-state index in [1.807, 2.05) is 0 Å². The molecule has 0 aromatic carbocycles. The van der Waals surface area contributed by atoms with Gasteiger partial charge in [-0.1, -0.05) is 555 Å². The zero-order valence-electron chi connectivity index (χ0n) is 76.4. The second-order valence-corrected chi connectivity index (χ2v) is 35.6. The molecule has 0 N–H and O–H groups in total. The molecule has 0 aromatic heterocycles. The van der Waals surface area contributed by atoms with E-state index in [0.717, 1.165) is 39.0 Å². The van der Waals surface area contributed by atoms with Gasteiger partial charge < -0.3 is 29.6 Å². The van der Waals surface area contributed by atoms with E-state index in [1.165, 1.54) is 539 Å². The average Bonchev–Trinajstić information content (AvgIpc) is 0.926. The second kappa shape index (κ2) is 102. The Bertz CT molecular complexity index is 1420. The number of carboxylic acids is 2. The first-order valence-corrected chi connectivity index (χ1v) is 51.2. The van der Waals surface area contributed by atoms with Gasteiger partial charge in [0.1, 0.15) is 0 Å². The van der Waals surface area contributed by atoms with Crippen molar-refractivity contribution in [1.29, 1.82) is 0 Å². The maximum atomic E-state index is 11.5. The Hall–Kier alpha value is 0.120. The molecule has 0 aliphatic carbocycles. The third kappa shape index (κ3) is 96.9. The summed E-state index contributed by atoms with van der Waals surface area (Å²) < 4.78 is 0. The summed E-state index contributed by atoms with van der Waals surface area (Å²) in [6.45, 7) is 17.7. The Balaban J connectivity index is -0.00000204. The monoisotopic (exact) mass is 1560 g/mol. The first-order chi connectivity index (χ1) is 53.3. The normalized spacial score (nSPS) is 12.2. The Labute approximate surface area is 718 Å². The van der Waals surface area contributed by atoms with Gasteiger partial charge in [0.2, 0.25) is 0 Å². The number of hydrogen-bond acceptors (Lipinski definition) is 6. The fourth-order valence-electron chi connectivity index (χ4n) is 17.4. The minimum absolute atomic E-state index is 0. The van der Waals surface area contributed by atoms with E-state index in [9.17, 15) is 19.8 Å². The van der Waals surface area contributed by atoms with Gasteiger partial charge in [0.25, 0.3) is 0 Å². The number of hydrogen-bond donors (Lipinski definition) is 0. The van der Waals surface area contributed by atoms with Crippen molar-refractivity contribution >= 4 is 49.7 Å². The molecule has 0 saturated heterocycles. The van der Waals surface area contributed by atoms with Crippen molar-refractivity contribution in [3.63, 3.8) is 0 Å². The molecule has 2 atom stereocenters. The predicted molar refractivity (Wildman–Crippen MR) is 487 cm³/mol. The fraction of sp³-hybridized carbons (Fsp3) is 0.980. The molecule has 7 heteroatoms. The van der Waals surface area contributed by atoms with Crippen molar-refractivity contribution in [3.05, 3.63) is 0 Å². The topological polar surface area (TPSA) is 86.7 Å². The third-order valence-corrected chi connectivity index (χ3v) is 25.0. The van der Waals surface area contributed by atoms with Crippen LogP contribution in [0.25, 0.3) is 0 Å². The molecule has 0 fully saturated rings. The number of aliphatic carboxylic acids is 2. The minimum Gasteiger partial charge on any atom is -0.550 e. The van der Waals surface area contributed by atoms with Crippen LogP contribution in [0, 0.1) is 0 Å². The van der Waals surface area contributed by atoms with Crippen LogP contribution >= 0.6 is 0 Å². The Morgan fingerprint density at radius 3 is 0.349 bits per heavy atom. The van der Waals surface area contributed by atoms with Crippen molar-refractivity contribution < 1.29 is 19.8 Å². The van der Waals surface area contributed by atoms with E-state index >= 15 is 0 Å². The molecule has 0 radical (unpaired) electrons. The van der Waals surface area contributed by atoms with Crippen LogP contribution in [0.2, 0.25) is 0 Å². The van der Waals surface area contributed by atoms with Crippen molar-refractivity contribution in [3.8, 4) is 0 Å². The van der Waals surface area contributed by atoms with Crippen molar-refractivity contribution in [2.45, 2.75) is 619 Å². The molecule has 0 rings (SSSR count). The largest absolute Gasteiger partial charge is 2.00 e. The van der Waals surface area contributed by atoms with Crippen LogP contribution in [0.15, 0.2) is 0 Å². The summed E-state index contributed by atoms with van der Waals surface area (Å²) in [4.78, 5) is 27.9. The summed E-state index contributed by atoms with van der Waals surface area (Å²) in [5.41, 5.74) is 0. The molecule has 0 aromatic rings. The van der Waals surface area contributed by atoms with Crippen LogP contribution in [0.3, 0.4) is 0 Å². The molecule has 0 bridgehead atoms. The number of unbranched alkanes of at least 4 members (excludes halogenated alkanes) is 80. The maximum absolute atomic E-state index is 11.5. The second-order valence-electron chi connectivity index (χ2n) is 35.6. The molecule has 0 saturated carbocycles. The zero-order chi connectivity index (χ0) is 78.5. The van der Waals surface area contributed by atoms with Gasteiger partial charge in [-0.2, -0.15) is 0 Å². The Morgan fingerprint density at radius 1 is 0.174 bits per heavy atom. The number of carboxylic acid groups (broad SMARTS) is 2. The summed E-state index contributed by atoms with van der Waals surface area (Å²) in [6, 6.07) is 0.287. The van der Waals surface area contributed by atoms with Gasteiger partial charge in [-0.25, -0.2) is 0 Å². The molecule has 109 heavy (non-hydrogen) atoms. The van der Waals surface area contributed by atoms with Gasteiger partial charge in [0.15, 0.2) is 0 Å². The van der Waals surface area contributed by atoms with Gasteiger partial charge in [0, 0.05) is 36.9 Å². The van der Waals surface area contributed by atoms with Crippen LogP contribution in [-0.4, -0.2) is 97.7 Å². The molecular formula is C102H204CaN2O4. The smallest absolute Gasteiger partial charge is 0.550 e. The predicted octanol–water partition coefficient (Wildman–Crippen LogP) is 32.9. The summed E-state index contributed by atoms with van der Waals surface area (Å²) in [5, 5.41) is 22.9. The molecule has 0 spiro atoms. The Morgan fingerprint density at radius 2 is 0.266 bits per heavy atom. The quantitative estimate of drug-likeness (QED) is 0.0445. The van der Waals surface area contributed by atoms with Gasteiger partial charge >= 0.3 is 37.7 Å². The molecule has 0 aliphatic heterocycles. The van der Waals surface area contributed by atoms with Crippen LogP contribution in [0.5, 0.6) is 0 Å². The van der Waals surface area contributed by atoms with Gasteiger partial charge in [-0.3, -0.25) is 0 Å². The summed E-state index contributed by atoms with van der Waals surface area (Å²) in [6.07, 6.45) is 121. The summed E-state index contributed by atoms with van der Waals surface area (Å²) >= 11 is 0. The molecule has 0 amide bonds. The van der Waals surface area contributed by atoms with Gasteiger partial charge in [-0.05, 0) is 64.7 Å². The minimum atomic E-state index is -0.885. The summed E-state index contributed by atoms with van der Waals surface area (Å²) in [7, 11) is 0. The molecule has 0 heterocycles. The SMILES string of the molecule is CCCCCCCCCCCCCCCCCCCCCCCN(CCCCCCCCCCCCCCCCCCCCCCC)C(CC)CC(=O)[O-].CCCCCCCCCCCCCCCCCCCCCCCN(CCCCCCCCCCCCCCCCCCCCCCC)C(CC)CC(=O)[O-].[Ca+2]. The average molecular weight is 1560 g/mol. The Kier molecular flexibility index (Phi) is 106. The molecule has 0 aliphatic rings. The molecular weight excluding hydrogens is 1360 g/mol. The first-order valence-electron chi connectivity index (χ1n) is 51.2. The number of nitrogens with zero attached hydrogens (tertiary/aromatic N) is 2. The third-order valence-electron chi connectivity index (χ3n) is 25.0. The first kappa shape index (κ1) is 113. The van der Waals surface area contributed by atoms with E-state index in [4.69, 9.17) is 0 Å². The molecule has 648 valence electrons. The van der Waals surface area contributed by atoms with Crippen LogP contribution in [-0.2, 0) is 9.59 Å². The van der Waals surface area contributed by atoms with Crippen molar-refractivity contribution in [1.82, 2.24) is 9.80 Å². The van der Waals surface area contributed by atoms with Crippen molar-refractivity contribution in [2.75, 3.05) is 26.2 Å².